The molecule has 3 rings (SSSR count). The third-order valence-electron chi connectivity index (χ3n) is 13.4. The Kier molecular flexibility index (Phi) is 3.20. The Bertz CT molecular complexity index is 681. The van der Waals surface area contributed by atoms with E-state index in [4.69, 9.17) is 0 Å². The minimum atomic E-state index is 0.197. The van der Waals surface area contributed by atoms with Crippen molar-refractivity contribution in [1.82, 2.24) is 0 Å². The van der Waals surface area contributed by atoms with E-state index < -0.39 is 0 Å². The fourth-order valence-corrected chi connectivity index (χ4v) is 9.29. The molecule has 0 spiro atoms. The lowest BCUT2D eigenvalue weighted by Gasteiger charge is -2.74. The highest BCUT2D eigenvalue weighted by Crippen LogP contribution is 2.91. The summed E-state index contributed by atoms with van der Waals surface area (Å²) in [7, 11) is 0. The first-order chi connectivity index (χ1) is 10.8. The zero-order valence-electron chi connectivity index (χ0n) is 19.7. The summed E-state index contributed by atoms with van der Waals surface area (Å²) in [6, 6.07) is 0. The molecule has 3 aliphatic rings. The number of hydrogen-bond acceptors (Lipinski definition) is 0. The fraction of sp³-hybridized carbons (Fsp3) is 0.920. The third kappa shape index (κ3) is 1.28. The minimum absolute atomic E-state index is 0.197. The van der Waals surface area contributed by atoms with E-state index in [0.717, 1.165) is 0 Å². The van der Waals surface area contributed by atoms with Crippen molar-refractivity contribution in [3.8, 4) is 0 Å². The second-order valence-electron chi connectivity index (χ2n) is 12.8. The quantitative estimate of drug-likeness (QED) is 0.392. The number of rotatable bonds is 0. The first kappa shape index (κ1) is 19.5. The predicted molar refractivity (Wildman–Crippen MR) is 111 cm³/mol. The van der Waals surface area contributed by atoms with Gasteiger partial charge in [0.25, 0.3) is 0 Å². The molecule has 3 bridgehead atoms. The van der Waals surface area contributed by atoms with Crippen LogP contribution in [0.25, 0.3) is 0 Å². The van der Waals surface area contributed by atoms with E-state index in [2.05, 4.69) is 96.9 Å². The van der Waals surface area contributed by atoms with E-state index in [9.17, 15) is 0 Å². The maximum atomic E-state index is 2.64. The monoisotopic (exact) mass is 344 g/mol. The Morgan fingerprint density at radius 1 is 0.440 bits per heavy atom. The van der Waals surface area contributed by atoms with Gasteiger partial charge in [0.05, 0.1) is 0 Å². The average molecular weight is 345 g/mol. The summed E-state index contributed by atoms with van der Waals surface area (Å²) in [6.45, 7) is 36.2. The van der Waals surface area contributed by atoms with Crippen LogP contribution in [-0.2, 0) is 0 Å². The Morgan fingerprint density at radius 3 is 1.16 bits per heavy atom. The summed E-state index contributed by atoms with van der Waals surface area (Å²) >= 11 is 0. The topological polar surface area (TPSA) is 0 Å². The average Bonchev–Trinajstić information content (AvgIpc) is 2.57. The van der Waals surface area contributed by atoms with Gasteiger partial charge in [-0.15, -0.1) is 0 Å². The van der Waals surface area contributed by atoms with Gasteiger partial charge >= 0.3 is 0 Å². The Morgan fingerprint density at radius 2 is 0.760 bits per heavy atom. The van der Waals surface area contributed by atoms with Gasteiger partial charge in [-0.1, -0.05) is 94.2 Å². The van der Waals surface area contributed by atoms with E-state index >= 15 is 0 Å². The van der Waals surface area contributed by atoms with Gasteiger partial charge in [-0.3, -0.25) is 0 Å². The van der Waals surface area contributed by atoms with Crippen molar-refractivity contribution in [2.75, 3.05) is 0 Å². The summed E-state index contributed by atoms with van der Waals surface area (Å²) in [5.74, 6) is 0. The van der Waals surface area contributed by atoms with E-state index in [-0.39, 0.29) is 37.9 Å². The van der Waals surface area contributed by atoms with Crippen LogP contribution < -0.4 is 0 Å². The second-order valence-corrected chi connectivity index (χ2v) is 12.8. The second kappa shape index (κ2) is 4.10. The van der Waals surface area contributed by atoms with Crippen molar-refractivity contribution in [3.05, 3.63) is 11.1 Å². The number of allylic oxidation sites excluding steroid dienone is 2. The smallest absolute Gasteiger partial charge is 0.0000490 e. The normalized spacial score (nSPS) is 51.6. The molecule has 4 atom stereocenters. The molecule has 0 N–H and O–H groups in total. The van der Waals surface area contributed by atoms with Gasteiger partial charge in [0.2, 0.25) is 0 Å². The van der Waals surface area contributed by atoms with Crippen LogP contribution in [0.3, 0.4) is 0 Å². The minimum Gasteiger partial charge on any atom is -0.0668 e. The maximum absolute atomic E-state index is 2.64. The first-order valence-electron chi connectivity index (χ1n) is 10.5. The summed E-state index contributed by atoms with van der Waals surface area (Å²) in [5.41, 5.74) is 5.34. The zero-order chi connectivity index (χ0) is 19.9. The standard InChI is InChI=1S/C25H44/c1-16-17(2)25(14)21(9,10)23(12)15-22(25,11)19(5,6)18(3,4)20(7,8)24(16,23)13/h15H2,1-14H3. The Labute approximate surface area is 158 Å². The van der Waals surface area contributed by atoms with Crippen molar-refractivity contribution in [1.29, 1.82) is 0 Å². The van der Waals surface area contributed by atoms with Gasteiger partial charge in [-0.05, 0) is 63.6 Å². The summed E-state index contributed by atoms with van der Waals surface area (Å²) in [6.07, 6.45) is 1.33. The molecule has 2 fully saturated rings. The molecule has 0 aliphatic heterocycles. The van der Waals surface area contributed by atoms with Gasteiger partial charge in [0.1, 0.15) is 0 Å². The van der Waals surface area contributed by atoms with E-state index in [1.54, 1.807) is 11.1 Å². The van der Waals surface area contributed by atoms with Gasteiger partial charge in [-0.25, -0.2) is 0 Å². The van der Waals surface area contributed by atoms with E-state index in [0.29, 0.717) is 5.41 Å². The molecule has 0 radical (unpaired) electrons. The lowest BCUT2D eigenvalue weighted by Crippen LogP contribution is -2.68. The molecule has 25 heavy (non-hydrogen) atoms. The fourth-order valence-electron chi connectivity index (χ4n) is 9.29. The van der Waals surface area contributed by atoms with Crippen LogP contribution in [0.2, 0.25) is 0 Å². The van der Waals surface area contributed by atoms with Crippen LogP contribution in [0.15, 0.2) is 11.1 Å². The van der Waals surface area contributed by atoms with Crippen molar-refractivity contribution >= 4 is 0 Å². The van der Waals surface area contributed by atoms with Crippen LogP contribution in [0.5, 0.6) is 0 Å². The highest BCUT2D eigenvalue weighted by Gasteiger charge is 2.85. The molecule has 144 valence electrons. The largest absolute Gasteiger partial charge is 0.0668 e. The van der Waals surface area contributed by atoms with Gasteiger partial charge < -0.3 is 0 Å². The van der Waals surface area contributed by atoms with Gasteiger partial charge in [0.15, 0.2) is 0 Å². The highest BCUT2D eigenvalue weighted by atomic mass is 14.9. The van der Waals surface area contributed by atoms with Crippen molar-refractivity contribution in [2.24, 2.45) is 43.3 Å². The van der Waals surface area contributed by atoms with E-state index in [1.165, 1.54) is 6.42 Å². The van der Waals surface area contributed by atoms with E-state index in [1.807, 2.05) is 0 Å². The van der Waals surface area contributed by atoms with Crippen LogP contribution in [0.4, 0.5) is 0 Å². The van der Waals surface area contributed by atoms with Gasteiger partial charge in [-0.2, -0.15) is 0 Å². The van der Waals surface area contributed by atoms with Crippen molar-refractivity contribution in [3.63, 3.8) is 0 Å². The molecule has 4 unspecified atom stereocenters. The van der Waals surface area contributed by atoms with Gasteiger partial charge in [0, 0.05) is 0 Å². The molecule has 0 saturated heterocycles. The molecular weight excluding hydrogens is 300 g/mol. The molecular formula is C25H44. The molecule has 0 amide bonds. The Balaban J connectivity index is 2.66. The third-order valence-corrected chi connectivity index (χ3v) is 13.4. The van der Waals surface area contributed by atoms with Crippen LogP contribution in [0, 0.1) is 43.3 Å². The predicted octanol–water partition coefficient (Wildman–Crippen LogP) is 7.88. The van der Waals surface area contributed by atoms with Crippen LogP contribution >= 0.6 is 0 Å². The van der Waals surface area contributed by atoms with Crippen molar-refractivity contribution < 1.29 is 0 Å². The summed E-state index contributed by atoms with van der Waals surface area (Å²) in [4.78, 5) is 0. The zero-order valence-corrected chi connectivity index (χ0v) is 19.7. The van der Waals surface area contributed by atoms with Crippen molar-refractivity contribution in [2.45, 2.75) is 103 Å². The molecule has 0 heteroatoms. The van der Waals surface area contributed by atoms with Crippen LogP contribution in [-0.4, -0.2) is 0 Å². The molecule has 2 saturated carbocycles. The lowest BCUT2D eigenvalue weighted by atomic mass is 9.29. The Hall–Kier alpha value is -0.260. The highest BCUT2D eigenvalue weighted by molar-refractivity contribution is 5.47. The maximum Gasteiger partial charge on any atom is -0.0000490 e. The number of fused-ring (bicyclic) bond motifs is 3. The van der Waals surface area contributed by atoms with Crippen LogP contribution in [0.1, 0.15) is 103 Å². The molecule has 0 nitrogen and oxygen atoms in total. The molecule has 0 aromatic heterocycles. The summed E-state index contributed by atoms with van der Waals surface area (Å²) in [5, 5.41) is 0. The molecule has 0 aromatic rings. The SMILES string of the molecule is CC1=C(C)C2(C)C(C)(C)C3(C)CC2(C)C(C)(C)C(C)(C)C(C)(C)C13C. The lowest BCUT2D eigenvalue weighted by molar-refractivity contribution is -0.221. The first-order valence-corrected chi connectivity index (χ1v) is 10.5. The summed E-state index contributed by atoms with van der Waals surface area (Å²) < 4.78 is 0. The molecule has 0 aromatic carbocycles. The molecule has 3 aliphatic carbocycles. The molecule has 0 heterocycles. The number of hydrogen-bond donors (Lipinski definition) is 0.